The fourth-order valence-corrected chi connectivity index (χ4v) is 1.32. The second-order valence-electron chi connectivity index (χ2n) is 3.69. The quantitative estimate of drug-likeness (QED) is 0.528. The Morgan fingerprint density at radius 1 is 1.27 bits per heavy atom. The van der Waals surface area contributed by atoms with Crippen molar-refractivity contribution in [1.82, 2.24) is 10.6 Å². The van der Waals surface area contributed by atoms with Crippen LogP contribution < -0.4 is 10.6 Å². The minimum absolute atomic E-state index is 0.349. The Kier molecular flexibility index (Phi) is 2.97. The third-order valence-corrected chi connectivity index (χ3v) is 2.56. The van der Waals surface area contributed by atoms with E-state index in [0.29, 0.717) is 12.8 Å². The van der Waals surface area contributed by atoms with Gasteiger partial charge in [0, 0.05) is 7.05 Å². The predicted molar refractivity (Wildman–Crippen MR) is 51.0 cm³/mol. The lowest BCUT2D eigenvalue weighted by molar-refractivity contribution is -0.144. The van der Waals surface area contributed by atoms with Crippen LogP contribution >= 0.6 is 0 Å². The molecule has 3 N–H and O–H groups in total. The molecule has 1 aliphatic rings. The summed E-state index contributed by atoms with van der Waals surface area (Å²) in [6.45, 7) is 1.36. The van der Waals surface area contributed by atoms with E-state index in [0.717, 1.165) is 0 Å². The van der Waals surface area contributed by atoms with E-state index in [1.807, 2.05) is 0 Å². The average molecular weight is 214 g/mol. The highest BCUT2D eigenvalue weighted by atomic mass is 16.4. The lowest BCUT2D eigenvalue weighted by Gasteiger charge is -2.15. The van der Waals surface area contributed by atoms with Crippen LogP contribution in [0.15, 0.2) is 0 Å². The maximum Gasteiger partial charge on any atom is 0.325 e. The molecule has 0 bridgehead atoms. The van der Waals surface area contributed by atoms with Crippen molar-refractivity contribution in [3.05, 3.63) is 0 Å². The highest BCUT2D eigenvalue weighted by Gasteiger charge is 2.56. The van der Waals surface area contributed by atoms with Gasteiger partial charge in [0.15, 0.2) is 0 Å². The second-order valence-corrected chi connectivity index (χ2v) is 3.69. The molecule has 0 radical (unpaired) electrons. The van der Waals surface area contributed by atoms with Crippen LogP contribution in [0.25, 0.3) is 0 Å². The lowest BCUT2D eigenvalue weighted by Crippen LogP contribution is -2.47. The van der Waals surface area contributed by atoms with Gasteiger partial charge < -0.3 is 15.7 Å². The van der Waals surface area contributed by atoms with E-state index >= 15 is 0 Å². The molecule has 0 aromatic rings. The van der Waals surface area contributed by atoms with Crippen molar-refractivity contribution in [3.8, 4) is 0 Å². The maximum atomic E-state index is 11.6. The maximum absolute atomic E-state index is 11.6. The fourth-order valence-electron chi connectivity index (χ4n) is 1.32. The molecule has 1 saturated carbocycles. The Morgan fingerprint density at radius 3 is 2.13 bits per heavy atom. The van der Waals surface area contributed by atoms with Gasteiger partial charge in [0.1, 0.15) is 11.5 Å². The monoisotopic (exact) mass is 214 g/mol. The number of hydrogen-bond acceptors (Lipinski definition) is 3. The van der Waals surface area contributed by atoms with Crippen LogP contribution in [0.4, 0.5) is 0 Å². The van der Waals surface area contributed by atoms with Crippen LogP contribution in [-0.2, 0) is 14.4 Å². The molecule has 0 unspecified atom stereocenters. The molecule has 1 aliphatic carbocycles. The van der Waals surface area contributed by atoms with E-state index < -0.39 is 23.3 Å². The van der Waals surface area contributed by atoms with Gasteiger partial charge in [-0.3, -0.25) is 14.4 Å². The lowest BCUT2D eigenvalue weighted by atomic mass is 10.1. The Morgan fingerprint density at radius 2 is 1.80 bits per heavy atom. The number of carboxylic acids is 1. The molecule has 1 rings (SSSR count). The molecule has 84 valence electrons. The van der Waals surface area contributed by atoms with Crippen molar-refractivity contribution in [2.75, 3.05) is 7.05 Å². The second kappa shape index (κ2) is 3.88. The third-order valence-electron chi connectivity index (χ3n) is 2.56. The van der Waals surface area contributed by atoms with Gasteiger partial charge in [-0.15, -0.1) is 0 Å². The van der Waals surface area contributed by atoms with Gasteiger partial charge in [-0.05, 0) is 19.8 Å². The molecule has 0 spiro atoms. The third kappa shape index (κ3) is 2.08. The molecule has 15 heavy (non-hydrogen) atoms. The number of carbonyl (C=O) groups is 3. The summed E-state index contributed by atoms with van der Waals surface area (Å²) in [5.74, 6) is -1.97. The average Bonchev–Trinajstić information content (AvgIpc) is 2.97. The number of amides is 2. The molecular weight excluding hydrogens is 200 g/mol. The molecular formula is C9H14N2O4. The molecule has 2 amide bonds. The van der Waals surface area contributed by atoms with Gasteiger partial charge in [0.05, 0.1) is 0 Å². The molecule has 1 fully saturated rings. The van der Waals surface area contributed by atoms with Gasteiger partial charge in [-0.2, -0.15) is 0 Å². The number of carboxylic acid groups (broad SMARTS) is 1. The van der Waals surface area contributed by atoms with Crippen LogP contribution in [0.2, 0.25) is 0 Å². The molecule has 0 heterocycles. The Bertz CT molecular complexity index is 309. The summed E-state index contributed by atoms with van der Waals surface area (Å²) < 4.78 is 0. The zero-order valence-electron chi connectivity index (χ0n) is 8.66. The predicted octanol–water partition coefficient (Wildman–Crippen LogP) is -0.898. The van der Waals surface area contributed by atoms with Gasteiger partial charge in [0.2, 0.25) is 11.8 Å². The number of rotatable bonds is 4. The largest absolute Gasteiger partial charge is 0.480 e. The SMILES string of the molecule is CNC(=O)C1(C(=O)N[C@H](C)C(=O)O)CC1. The first kappa shape index (κ1) is 11.5. The molecule has 6 nitrogen and oxygen atoms in total. The Balaban J connectivity index is 2.62. The topological polar surface area (TPSA) is 95.5 Å². The van der Waals surface area contributed by atoms with Crippen LogP contribution in [-0.4, -0.2) is 36.0 Å². The summed E-state index contributed by atoms with van der Waals surface area (Å²) in [5, 5.41) is 13.3. The van der Waals surface area contributed by atoms with Gasteiger partial charge in [0.25, 0.3) is 0 Å². The van der Waals surface area contributed by atoms with Crippen molar-refractivity contribution in [1.29, 1.82) is 0 Å². The van der Waals surface area contributed by atoms with Gasteiger partial charge in [-0.25, -0.2) is 0 Å². The van der Waals surface area contributed by atoms with E-state index in [1.165, 1.54) is 14.0 Å². The number of nitrogens with one attached hydrogen (secondary N) is 2. The van der Waals surface area contributed by atoms with Crippen molar-refractivity contribution < 1.29 is 19.5 Å². The first-order valence-electron chi connectivity index (χ1n) is 4.70. The van der Waals surface area contributed by atoms with E-state index in [4.69, 9.17) is 5.11 Å². The zero-order valence-corrected chi connectivity index (χ0v) is 8.66. The van der Waals surface area contributed by atoms with Gasteiger partial charge >= 0.3 is 5.97 Å². The summed E-state index contributed by atoms with van der Waals surface area (Å²) in [6.07, 6.45) is 0.954. The first-order valence-corrected chi connectivity index (χ1v) is 4.70. The van der Waals surface area contributed by atoms with Crippen molar-refractivity contribution in [2.24, 2.45) is 5.41 Å². The van der Waals surface area contributed by atoms with Crippen LogP contribution in [0.1, 0.15) is 19.8 Å². The summed E-state index contributed by atoms with van der Waals surface area (Å²) in [5.41, 5.74) is -1.03. The minimum atomic E-state index is -1.11. The molecule has 1 atom stereocenters. The summed E-state index contributed by atoms with van der Waals surface area (Å²) in [7, 11) is 1.45. The van der Waals surface area contributed by atoms with Crippen molar-refractivity contribution in [2.45, 2.75) is 25.8 Å². The smallest absolute Gasteiger partial charge is 0.325 e. The highest BCUT2D eigenvalue weighted by Crippen LogP contribution is 2.46. The standard InChI is InChI=1S/C9H14N2O4/c1-5(6(12)13)11-8(15)9(3-4-9)7(14)10-2/h5H,3-4H2,1-2H3,(H,10,14)(H,11,15)(H,12,13)/t5-/m1/s1. The van der Waals surface area contributed by atoms with Crippen LogP contribution in [0, 0.1) is 5.41 Å². The van der Waals surface area contributed by atoms with Crippen LogP contribution in [0.3, 0.4) is 0 Å². The highest BCUT2D eigenvalue weighted by molar-refractivity contribution is 6.08. The van der Waals surface area contributed by atoms with E-state index in [9.17, 15) is 14.4 Å². The van der Waals surface area contributed by atoms with Crippen molar-refractivity contribution in [3.63, 3.8) is 0 Å². The molecule has 0 aromatic carbocycles. The zero-order chi connectivity index (χ0) is 11.6. The van der Waals surface area contributed by atoms with E-state index in [-0.39, 0.29) is 5.91 Å². The number of aliphatic carboxylic acids is 1. The number of hydrogen-bond donors (Lipinski definition) is 3. The van der Waals surface area contributed by atoms with E-state index in [2.05, 4.69) is 10.6 Å². The Labute approximate surface area is 87.0 Å². The normalized spacial score (nSPS) is 18.8. The molecule has 0 aliphatic heterocycles. The van der Waals surface area contributed by atoms with Gasteiger partial charge in [-0.1, -0.05) is 0 Å². The van der Waals surface area contributed by atoms with E-state index in [1.54, 1.807) is 0 Å². The summed E-state index contributed by atoms with van der Waals surface area (Å²) in [4.78, 5) is 33.5. The van der Waals surface area contributed by atoms with Crippen LogP contribution in [0.5, 0.6) is 0 Å². The molecule has 0 saturated heterocycles. The number of carbonyl (C=O) groups excluding carboxylic acids is 2. The summed E-state index contributed by atoms with van der Waals surface area (Å²) >= 11 is 0. The molecule has 6 heteroatoms. The fraction of sp³-hybridized carbons (Fsp3) is 0.667. The minimum Gasteiger partial charge on any atom is -0.480 e. The van der Waals surface area contributed by atoms with Crippen molar-refractivity contribution >= 4 is 17.8 Å². The summed E-state index contributed by atoms with van der Waals surface area (Å²) in [6, 6.07) is -0.973. The Hall–Kier alpha value is -1.59. The first-order chi connectivity index (χ1) is 6.94. The molecule has 0 aromatic heterocycles.